The Morgan fingerprint density at radius 2 is 2.03 bits per heavy atom. The van der Waals surface area contributed by atoms with Gasteiger partial charge in [0.25, 0.3) is 0 Å². The minimum absolute atomic E-state index is 0.0202. The number of hydrogen-bond acceptors (Lipinski definition) is 6. The number of benzene rings is 1. The van der Waals surface area contributed by atoms with Crippen LogP contribution in [0.1, 0.15) is 37.3 Å². The standard InChI is InChI=1S/C22H26N4O3/c1-22(2,26-12-11-16-6-3-4-7-17(16)14-26)15-23-19(27)9-10-20-24-21(25-29-20)18-8-5-13-28-18/h3-8,13H,9-12,14-15H2,1-2H3,(H,23,27). The molecule has 7 nitrogen and oxygen atoms in total. The first-order valence-electron chi connectivity index (χ1n) is 9.96. The van der Waals surface area contributed by atoms with Crippen molar-refractivity contribution in [1.82, 2.24) is 20.4 Å². The molecule has 0 radical (unpaired) electrons. The van der Waals surface area contributed by atoms with Crippen LogP contribution in [-0.4, -0.2) is 39.6 Å². The molecular formula is C22H26N4O3. The van der Waals surface area contributed by atoms with Gasteiger partial charge in [0.2, 0.25) is 17.6 Å². The van der Waals surface area contributed by atoms with Gasteiger partial charge in [-0.15, -0.1) is 0 Å². The summed E-state index contributed by atoms with van der Waals surface area (Å²) in [7, 11) is 0. The highest BCUT2D eigenvalue weighted by Crippen LogP contribution is 2.25. The van der Waals surface area contributed by atoms with Crippen LogP contribution < -0.4 is 5.32 Å². The van der Waals surface area contributed by atoms with Crippen LogP contribution in [0.15, 0.2) is 51.6 Å². The summed E-state index contributed by atoms with van der Waals surface area (Å²) in [5.41, 5.74) is 2.68. The van der Waals surface area contributed by atoms with Crippen LogP contribution in [0, 0.1) is 0 Å². The van der Waals surface area contributed by atoms with Gasteiger partial charge in [0.1, 0.15) is 0 Å². The van der Waals surface area contributed by atoms with Gasteiger partial charge in [-0.05, 0) is 43.5 Å². The predicted octanol–water partition coefficient (Wildman–Crippen LogP) is 3.22. The molecule has 7 heteroatoms. The summed E-state index contributed by atoms with van der Waals surface area (Å²) in [6.45, 7) is 6.85. The van der Waals surface area contributed by atoms with Gasteiger partial charge in [0.05, 0.1) is 6.26 Å². The third kappa shape index (κ3) is 4.56. The normalized spacial score (nSPS) is 14.6. The first-order chi connectivity index (χ1) is 14.0. The maximum absolute atomic E-state index is 12.3. The molecule has 29 heavy (non-hydrogen) atoms. The van der Waals surface area contributed by atoms with Crippen molar-refractivity contribution in [3.63, 3.8) is 0 Å². The van der Waals surface area contributed by atoms with Crippen molar-refractivity contribution in [2.75, 3.05) is 13.1 Å². The average molecular weight is 394 g/mol. The highest BCUT2D eigenvalue weighted by Gasteiger charge is 2.30. The fraction of sp³-hybridized carbons (Fsp3) is 0.409. The van der Waals surface area contributed by atoms with Gasteiger partial charge >= 0.3 is 0 Å². The van der Waals surface area contributed by atoms with E-state index in [0.717, 1.165) is 19.5 Å². The molecule has 1 aliphatic heterocycles. The summed E-state index contributed by atoms with van der Waals surface area (Å²) < 4.78 is 10.4. The Labute approximate surface area is 170 Å². The van der Waals surface area contributed by atoms with Crippen molar-refractivity contribution in [2.45, 2.75) is 45.2 Å². The molecule has 0 unspecified atom stereocenters. The molecule has 152 valence electrons. The average Bonchev–Trinajstić information content (AvgIpc) is 3.42. The fourth-order valence-corrected chi connectivity index (χ4v) is 3.61. The smallest absolute Gasteiger partial charge is 0.238 e. The molecule has 0 spiro atoms. The predicted molar refractivity (Wildman–Crippen MR) is 108 cm³/mol. The lowest BCUT2D eigenvalue weighted by molar-refractivity contribution is -0.121. The number of nitrogens with zero attached hydrogens (tertiary/aromatic N) is 3. The van der Waals surface area contributed by atoms with Gasteiger partial charge in [-0.2, -0.15) is 4.98 Å². The quantitative estimate of drug-likeness (QED) is 0.662. The Kier molecular flexibility index (Phi) is 5.49. The van der Waals surface area contributed by atoms with Crippen LogP contribution in [-0.2, 0) is 24.2 Å². The van der Waals surface area contributed by atoms with Gasteiger partial charge in [-0.3, -0.25) is 9.69 Å². The Morgan fingerprint density at radius 3 is 2.83 bits per heavy atom. The van der Waals surface area contributed by atoms with E-state index in [9.17, 15) is 4.79 Å². The second-order valence-electron chi connectivity index (χ2n) is 8.02. The summed E-state index contributed by atoms with van der Waals surface area (Å²) in [6, 6.07) is 12.1. The highest BCUT2D eigenvalue weighted by atomic mass is 16.5. The fourth-order valence-electron chi connectivity index (χ4n) is 3.61. The molecule has 0 aliphatic carbocycles. The molecule has 0 fully saturated rings. The van der Waals surface area contributed by atoms with Crippen molar-refractivity contribution in [3.05, 3.63) is 59.7 Å². The molecule has 4 rings (SSSR count). The molecule has 0 atom stereocenters. The minimum Gasteiger partial charge on any atom is -0.461 e. The second kappa shape index (κ2) is 8.21. The molecule has 1 aliphatic rings. The third-order valence-corrected chi connectivity index (χ3v) is 5.48. The number of carbonyl (C=O) groups excluding carboxylic acids is 1. The van der Waals surface area contributed by atoms with Crippen LogP contribution in [0.5, 0.6) is 0 Å². The summed E-state index contributed by atoms with van der Waals surface area (Å²) in [6.07, 6.45) is 3.31. The lowest BCUT2D eigenvalue weighted by Gasteiger charge is -2.41. The summed E-state index contributed by atoms with van der Waals surface area (Å²) in [5, 5.41) is 6.94. The van der Waals surface area contributed by atoms with E-state index in [1.54, 1.807) is 18.4 Å². The van der Waals surface area contributed by atoms with E-state index in [2.05, 4.69) is 58.5 Å². The zero-order valence-corrected chi connectivity index (χ0v) is 16.9. The van der Waals surface area contributed by atoms with Crippen LogP contribution in [0.2, 0.25) is 0 Å². The van der Waals surface area contributed by atoms with E-state index in [1.165, 1.54) is 11.1 Å². The van der Waals surface area contributed by atoms with Gasteiger partial charge in [-0.25, -0.2) is 0 Å². The van der Waals surface area contributed by atoms with Crippen molar-refractivity contribution >= 4 is 5.91 Å². The SMILES string of the molecule is CC(C)(CNC(=O)CCc1nc(-c2ccco2)no1)N1CCc2ccccc2C1. The maximum Gasteiger partial charge on any atom is 0.238 e. The van der Waals surface area contributed by atoms with Crippen LogP contribution in [0.25, 0.3) is 11.6 Å². The van der Waals surface area contributed by atoms with E-state index in [1.807, 2.05) is 0 Å². The lowest BCUT2D eigenvalue weighted by atomic mass is 9.94. The third-order valence-electron chi connectivity index (χ3n) is 5.48. The molecular weight excluding hydrogens is 368 g/mol. The zero-order chi connectivity index (χ0) is 20.3. The van der Waals surface area contributed by atoms with Crippen molar-refractivity contribution in [3.8, 4) is 11.6 Å². The van der Waals surface area contributed by atoms with Crippen LogP contribution >= 0.6 is 0 Å². The number of aryl methyl sites for hydroxylation is 1. The Morgan fingerprint density at radius 1 is 1.21 bits per heavy atom. The first-order valence-corrected chi connectivity index (χ1v) is 9.96. The van der Waals surface area contributed by atoms with E-state index < -0.39 is 0 Å². The second-order valence-corrected chi connectivity index (χ2v) is 8.02. The number of hydrogen-bond donors (Lipinski definition) is 1. The summed E-state index contributed by atoms with van der Waals surface area (Å²) in [5.74, 6) is 1.36. The van der Waals surface area contributed by atoms with Crippen LogP contribution in [0.3, 0.4) is 0 Å². The lowest BCUT2D eigenvalue weighted by Crippen LogP contribution is -2.53. The number of nitrogens with one attached hydrogen (secondary N) is 1. The van der Waals surface area contributed by atoms with E-state index in [0.29, 0.717) is 36.9 Å². The molecule has 1 N–H and O–H groups in total. The van der Waals surface area contributed by atoms with Gasteiger partial charge in [0, 0.05) is 38.0 Å². The molecule has 1 amide bonds. The number of carbonyl (C=O) groups is 1. The number of amides is 1. The molecule has 1 aromatic carbocycles. The molecule has 0 bridgehead atoms. The zero-order valence-electron chi connectivity index (χ0n) is 16.9. The van der Waals surface area contributed by atoms with Gasteiger partial charge in [0.15, 0.2) is 5.76 Å². The summed E-state index contributed by atoms with van der Waals surface area (Å²) >= 11 is 0. The van der Waals surface area contributed by atoms with E-state index in [4.69, 9.17) is 8.94 Å². The number of furan rings is 1. The van der Waals surface area contributed by atoms with Crippen molar-refractivity contribution in [1.29, 1.82) is 0 Å². The Balaban J connectivity index is 1.26. The van der Waals surface area contributed by atoms with Crippen LogP contribution in [0.4, 0.5) is 0 Å². The Hall–Kier alpha value is -2.93. The number of fused-ring (bicyclic) bond motifs is 1. The molecule has 3 heterocycles. The maximum atomic E-state index is 12.3. The summed E-state index contributed by atoms with van der Waals surface area (Å²) in [4.78, 5) is 19.0. The monoisotopic (exact) mass is 394 g/mol. The number of aromatic nitrogens is 2. The van der Waals surface area contributed by atoms with Crippen molar-refractivity contribution < 1.29 is 13.7 Å². The van der Waals surface area contributed by atoms with Gasteiger partial charge in [-0.1, -0.05) is 29.4 Å². The van der Waals surface area contributed by atoms with E-state index in [-0.39, 0.29) is 11.4 Å². The largest absolute Gasteiger partial charge is 0.461 e. The van der Waals surface area contributed by atoms with E-state index >= 15 is 0 Å². The number of rotatable bonds is 7. The Bertz CT molecular complexity index is 962. The molecule has 0 saturated carbocycles. The molecule has 2 aromatic heterocycles. The minimum atomic E-state index is -0.125. The van der Waals surface area contributed by atoms with Gasteiger partial charge < -0.3 is 14.3 Å². The first kappa shape index (κ1) is 19.4. The molecule has 3 aromatic rings. The molecule has 0 saturated heterocycles. The van der Waals surface area contributed by atoms with Crippen molar-refractivity contribution in [2.24, 2.45) is 0 Å². The highest BCUT2D eigenvalue weighted by molar-refractivity contribution is 5.76. The topological polar surface area (TPSA) is 84.4 Å².